The summed E-state index contributed by atoms with van der Waals surface area (Å²) in [5, 5.41) is 13.3. The Kier molecular flexibility index (Phi) is 4.87. The van der Waals surface area contributed by atoms with E-state index in [1.54, 1.807) is 25.1 Å². The number of nitriles is 1. The van der Waals surface area contributed by atoms with Crippen molar-refractivity contribution >= 4 is 33.2 Å². The summed E-state index contributed by atoms with van der Waals surface area (Å²) in [4.78, 5) is 0. The molecule has 2 rings (SSSR count). The van der Waals surface area contributed by atoms with Crippen molar-refractivity contribution in [2.45, 2.75) is 18.9 Å². The van der Waals surface area contributed by atoms with Gasteiger partial charge < -0.3 is 5.32 Å². The van der Waals surface area contributed by atoms with Crippen molar-refractivity contribution in [3.05, 3.63) is 63.3 Å². The van der Waals surface area contributed by atoms with Crippen LogP contribution < -0.4 is 5.32 Å². The second kappa shape index (κ2) is 6.46. The average molecular weight is 368 g/mol. The van der Waals surface area contributed by atoms with Gasteiger partial charge in [-0.05, 0) is 58.7 Å². The first-order valence-corrected chi connectivity index (χ1v) is 7.48. The first-order chi connectivity index (χ1) is 9.92. The Bertz CT molecular complexity index is 682. The van der Waals surface area contributed by atoms with Crippen LogP contribution in [0.4, 0.5) is 10.1 Å². The third-order valence-electron chi connectivity index (χ3n) is 3.06. The van der Waals surface area contributed by atoms with Crippen molar-refractivity contribution in [1.29, 1.82) is 5.26 Å². The SMILES string of the molecule is CC(C#N)(Cc1ccc(F)cc1)Nc1ccc(Cl)c(Br)c1. The molecule has 2 aromatic carbocycles. The third kappa shape index (κ3) is 4.20. The zero-order valence-electron chi connectivity index (χ0n) is 11.3. The van der Waals surface area contributed by atoms with E-state index in [9.17, 15) is 9.65 Å². The second-order valence-electron chi connectivity index (χ2n) is 5.00. The Hall–Kier alpha value is -1.57. The van der Waals surface area contributed by atoms with E-state index in [2.05, 4.69) is 27.3 Å². The molecule has 0 fully saturated rings. The van der Waals surface area contributed by atoms with Gasteiger partial charge >= 0.3 is 0 Å². The summed E-state index contributed by atoms with van der Waals surface area (Å²) in [6, 6.07) is 13.8. The average Bonchev–Trinajstić information content (AvgIpc) is 2.45. The number of rotatable bonds is 4. The molecule has 2 nitrogen and oxygen atoms in total. The zero-order valence-corrected chi connectivity index (χ0v) is 13.7. The van der Waals surface area contributed by atoms with E-state index in [1.165, 1.54) is 12.1 Å². The van der Waals surface area contributed by atoms with E-state index in [0.717, 1.165) is 15.7 Å². The minimum Gasteiger partial charge on any atom is -0.367 e. The van der Waals surface area contributed by atoms with Crippen LogP contribution in [-0.4, -0.2) is 5.54 Å². The molecule has 0 spiro atoms. The lowest BCUT2D eigenvalue weighted by atomic mass is 9.94. The van der Waals surface area contributed by atoms with Crippen molar-refractivity contribution in [3.8, 4) is 6.07 Å². The summed E-state index contributed by atoms with van der Waals surface area (Å²) in [5.74, 6) is -0.285. The molecule has 2 aromatic rings. The van der Waals surface area contributed by atoms with Crippen LogP contribution >= 0.6 is 27.5 Å². The highest BCUT2D eigenvalue weighted by atomic mass is 79.9. The monoisotopic (exact) mass is 366 g/mol. The molecule has 1 N–H and O–H groups in total. The van der Waals surface area contributed by atoms with Gasteiger partial charge in [0.25, 0.3) is 0 Å². The van der Waals surface area contributed by atoms with Crippen LogP contribution in [0.3, 0.4) is 0 Å². The molecular weight excluding hydrogens is 355 g/mol. The van der Waals surface area contributed by atoms with Gasteiger partial charge in [0.1, 0.15) is 11.4 Å². The maximum Gasteiger partial charge on any atom is 0.126 e. The second-order valence-corrected chi connectivity index (χ2v) is 6.26. The van der Waals surface area contributed by atoms with Gasteiger partial charge in [-0.15, -0.1) is 0 Å². The van der Waals surface area contributed by atoms with Gasteiger partial charge in [0, 0.05) is 16.6 Å². The predicted octanol–water partition coefficient (Wildman–Crippen LogP) is 5.18. The Morgan fingerprint density at radius 2 is 1.95 bits per heavy atom. The molecule has 0 saturated heterocycles. The summed E-state index contributed by atoms with van der Waals surface area (Å²) < 4.78 is 13.7. The summed E-state index contributed by atoms with van der Waals surface area (Å²) in [5.41, 5.74) is 0.879. The molecule has 108 valence electrons. The minimum atomic E-state index is -0.800. The number of hydrogen-bond acceptors (Lipinski definition) is 2. The van der Waals surface area contributed by atoms with E-state index in [-0.39, 0.29) is 5.82 Å². The Balaban J connectivity index is 2.19. The zero-order chi connectivity index (χ0) is 15.5. The molecule has 1 unspecified atom stereocenters. The highest BCUT2D eigenvalue weighted by Crippen LogP contribution is 2.28. The molecule has 0 heterocycles. The highest BCUT2D eigenvalue weighted by Gasteiger charge is 2.24. The number of nitrogens with one attached hydrogen (secondary N) is 1. The van der Waals surface area contributed by atoms with Crippen molar-refractivity contribution < 1.29 is 4.39 Å². The van der Waals surface area contributed by atoms with Gasteiger partial charge in [-0.25, -0.2) is 4.39 Å². The van der Waals surface area contributed by atoms with E-state index < -0.39 is 5.54 Å². The van der Waals surface area contributed by atoms with Gasteiger partial charge in [-0.1, -0.05) is 23.7 Å². The number of nitrogens with zero attached hydrogens (tertiary/aromatic N) is 1. The highest BCUT2D eigenvalue weighted by molar-refractivity contribution is 9.10. The lowest BCUT2D eigenvalue weighted by Gasteiger charge is -2.25. The van der Waals surface area contributed by atoms with Crippen molar-refractivity contribution in [2.75, 3.05) is 5.32 Å². The van der Waals surface area contributed by atoms with Gasteiger partial charge in [-0.3, -0.25) is 0 Å². The molecule has 21 heavy (non-hydrogen) atoms. The molecule has 0 saturated carbocycles. The van der Waals surface area contributed by atoms with Crippen molar-refractivity contribution in [2.24, 2.45) is 0 Å². The quantitative estimate of drug-likeness (QED) is 0.808. The minimum absolute atomic E-state index is 0.285. The number of hydrogen-bond donors (Lipinski definition) is 1. The van der Waals surface area contributed by atoms with Crippen LogP contribution in [0.25, 0.3) is 0 Å². The van der Waals surface area contributed by atoms with Crippen LogP contribution in [0.15, 0.2) is 46.9 Å². The predicted molar refractivity (Wildman–Crippen MR) is 86.9 cm³/mol. The lowest BCUT2D eigenvalue weighted by molar-refractivity contribution is 0.620. The first-order valence-electron chi connectivity index (χ1n) is 6.31. The summed E-state index contributed by atoms with van der Waals surface area (Å²) >= 11 is 9.31. The van der Waals surface area contributed by atoms with Gasteiger partial charge in [0.05, 0.1) is 11.1 Å². The van der Waals surface area contributed by atoms with Crippen molar-refractivity contribution in [3.63, 3.8) is 0 Å². The Morgan fingerprint density at radius 3 is 2.52 bits per heavy atom. The van der Waals surface area contributed by atoms with Crippen LogP contribution in [0, 0.1) is 17.1 Å². The normalized spacial score (nSPS) is 13.3. The Morgan fingerprint density at radius 1 is 1.29 bits per heavy atom. The van der Waals surface area contributed by atoms with E-state index >= 15 is 0 Å². The molecule has 0 aliphatic carbocycles. The van der Waals surface area contributed by atoms with E-state index in [4.69, 9.17) is 11.6 Å². The molecule has 0 radical (unpaired) electrons. The molecule has 0 bridgehead atoms. The maximum atomic E-state index is 12.9. The molecule has 1 atom stereocenters. The number of anilines is 1. The lowest BCUT2D eigenvalue weighted by Crippen LogP contribution is -2.35. The Labute approximate surface area is 136 Å². The van der Waals surface area contributed by atoms with Gasteiger partial charge in [0.15, 0.2) is 0 Å². The molecular formula is C16H13BrClFN2. The van der Waals surface area contributed by atoms with E-state index in [1.807, 2.05) is 12.1 Å². The first kappa shape index (κ1) is 15.8. The molecule has 5 heteroatoms. The van der Waals surface area contributed by atoms with Crippen LogP contribution in [-0.2, 0) is 6.42 Å². The summed E-state index contributed by atoms with van der Waals surface area (Å²) in [6.45, 7) is 1.80. The maximum absolute atomic E-state index is 12.9. The molecule has 0 aliphatic heterocycles. The third-order valence-corrected chi connectivity index (χ3v) is 4.27. The fourth-order valence-corrected chi connectivity index (χ4v) is 2.51. The van der Waals surface area contributed by atoms with Crippen LogP contribution in [0.2, 0.25) is 5.02 Å². The number of halogens is 3. The van der Waals surface area contributed by atoms with Crippen LogP contribution in [0.5, 0.6) is 0 Å². The molecule has 0 aromatic heterocycles. The van der Waals surface area contributed by atoms with Crippen LogP contribution in [0.1, 0.15) is 12.5 Å². The van der Waals surface area contributed by atoms with Crippen molar-refractivity contribution in [1.82, 2.24) is 0 Å². The molecule has 0 amide bonds. The standard InChI is InChI=1S/C16H13BrClFN2/c1-16(10-20,9-11-2-4-12(19)5-3-11)21-13-6-7-15(18)14(17)8-13/h2-8,21H,9H2,1H3. The fraction of sp³-hybridized carbons (Fsp3) is 0.188. The smallest absolute Gasteiger partial charge is 0.126 e. The largest absolute Gasteiger partial charge is 0.367 e. The van der Waals surface area contributed by atoms with E-state index in [0.29, 0.717) is 11.4 Å². The fourth-order valence-electron chi connectivity index (χ4n) is 2.01. The summed E-state index contributed by atoms with van der Waals surface area (Å²) in [6.07, 6.45) is 0.462. The topological polar surface area (TPSA) is 35.8 Å². The van der Waals surface area contributed by atoms with Gasteiger partial charge in [0.2, 0.25) is 0 Å². The van der Waals surface area contributed by atoms with Gasteiger partial charge in [-0.2, -0.15) is 5.26 Å². The number of benzene rings is 2. The summed E-state index contributed by atoms with van der Waals surface area (Å²) in [7, 11) is 0. The molecule has 0 aliphatic rings.